The minimum absolute atomic E-state index is 0.417. The molecule has 0 spiro atoms. The van der Waals surface area contributed by atoms with Crippen LogP contribution >= 0.6 is 0 Å². The molecule has 0 radical (unpaired) electrons. The van der Waals surface area contributed by atoms with E-state index >= 15 is 0 Å². The van der Waals surface area contributed by atoms with Crippen LogP contribution in [0.3, 0.4) is 0 Å². The first-order chi connectivity index (χ1) is 3.68. The van der Waals surface area contributed by atoms with Crippen molar-refractivity contribution in [2.24, 2.45) is 0 Å². The minimum atomic E-state index is -1.12. The second kappa shape index (κ2) is 9.96. The SMILES string of the molecule is CCC(O)O.OCO. The molecule has 4 N–H and O–H groups in total. The van der Waals surface area contributed by atoms with E-state index in [9.17, 15) is 0 Å². The number of aliphatic hydroxyl groups is 4. The minimum Gasteiger partial charge on any atom is -0.371 e. The molecular weight excluding hydrogens is 112 g/mol. The molecule has 0 saturated heterocycles. The Morgan fingerprint density at radius 1 is 1.25 bits per heavy atom. The maximum Gasteiger partial charge on any atom is 0.151 e. The molecule has 0 rings (SSSR count). The molecule has 0 saturated carbocycles. The zero-order valence-electron chi connectivity index (χ0n) is 4.78. The van der Waals surface area contributed by atoms with Crippen LogP contribution in [0.5, 0.6) is 0 Å². The van der Waals surface area contributed by atoms with Crippen molar-refractivity contribution in [3.05, 3.63) is 0 Å². The van der Waals surface area contributed by atoms with Gasteiger partial charge in [0.15, 0.2) is 6.29 Å². The summed E-state index contributed by atoms with van der Waals surface area (Å²) in [6.45, 7) is 0.949. The molecule has 4 nitrogen and oxygen atoms in total. The molecule has 0 atom stereocenters. The molecule has 0 aliphatic heterocycles. The van der Waals surface area contributed by atoms with Gasteiger partial charge in [-0.15, -0.1) is 0 Å². The van der Waals surface area contributed by atoms with Gasteiger partial charge in [-0.25, -0.2) is 0 Å². The summed E-state index contributed by atoms with van der Waals surface area (Å²) in [7, 11) is 0. The summed E-state index contributed by atoms with van der Waals surface area (Å²) in [5, 5.41) is 30.1. The van der Waals surface area contributed by atoms with E-state index < -0.39 is 13.1 Å². The van der Waals surface area contributed by atoms with Crippen LogP contribution in [0.2, 0.25) is 0 Å². The van der Waals surface area contributed by atoms with Crippen LogP contribution in [0.15, 0.2) is 0 Å². The normalized spacial score (nSPS) is 8.25. The molecular formula is C4H12O4. The fourth-order valence-electron chi connectivity index (χ4n) is 0. The van der Waals surface area contributed by atoms with Crippen molar-refractivity contribution in [3.8, 4) is 0 Å². The number of hydrogen-bond acceptors (Lipinski definition) is 4. The van der Waals surface area contributed by atoms with Gasteiger partial charge in [-0.05, 0) is 6.42 Å². The Hall–Kier alpha value is -0.160. The quantitative estimate of drug-likeness (QED) is 0.325. The van der Waals surface area contributed by atoms with Crippen molar-refractivity contribution < 1.29 is 20.4 Å². The lowest BCUT2D eigenvalue weighted by Crippen LogP contribution is -1.99. The lowest BCUT2D eigenvalue weighted by atomic mass is 10.5. The molecule has 8 heavy (non-hydrogen) atoms. The molecule has 0 aliphatic rings. The third-order valence-electron chi connectivity index (χ3n) is 0.365. The van der Waals surface area contributed by atoms with E-state index in [0.717, 1.165) is 0 Å². The van der Waals surface area contributed by atoms with Crippen LogP contribution in [0.25, 0.3) is 0 Å². The average Bonchev–Trinajstić information content (AvgIpc) is 1.69. The van der Waals surface area contributed by atoms with Crippen molar-refractivity contribution in [3.63, 3.8) is 0 Å². The zero-order chi connectivity index (χ0) is 6.99. The van der Waals surface area contributed by atoms with Gasteiger partial charge in [-0.1, -0.05) is 6.92 Å². The standard InChI is InChI=1S/C3H8O2.CH4O2/c1-2-3(4)5;2-1-3/h3-5H,2H2,1H3;2-3H,1H2. The molecule has 0 amide bonds. The first-order valence-corrected chi connectivity index (χ1v) is 2.26. The second-order valence-corrected chi connectivity index (χ2v) is 1.03. The average molecular weight is 124 g/mol. The van der Waals surface area contributed by atoms with Crippen molar-refractivity contribution in [1.29, 1.82) is 0 Å². The highest BCUT2D eigenvalue weighted by molar-refractivity contribution is 4.21. The topological polar surface area (TPSA) is 80.9 Å². The van der Waals surface area contributed by atoms with E-state index in [0.29, 0.717) is 6.42 Å². The number of hydrogen-bond donors (Lipinski definition) is 4. The smallest absolute Gasteiger partial charge is 0.151 e. The number of rotatable bonds is 1. The Balaban J connectivity index is 0. The Morgan fingerprint density at radius 3 is 1.38 bits per heavy atom. The highest BCUT2D eigenvalue weighted by atomic mass is 16.5. The summed E-state index contributed by atoms with van der Waals surface area (Å²) in [4.78, 5) is 0. The maximum absolute atomic E-state index is 7.92. The predicted octanol–water partition coefficient (Wildman–Crippen LogP) is -1.36. The van der Waals surface area contributed by atoms with Crippen molar-refractivity contribution in [2.45, 2.75) is 19.6 Å². The van der Waals surface area contributed by atoms with Gasteiger partial charge in [0.25, 0.3) is 0 Å². The fourth-order valence-corrected chi connectivity index (χ4v) is 0. The summed E-state index contributed by atoms with van der Waals surface area (Å²) in [5.41, 5.74) is 0. The molecule has 52 valence electrons. The van der Waals surface area contributed by atoms with Crippen LogP contribution in [-0.4, -0.2) is 33.5 Å². The molecule has 0 bridgehead atoms. The zero-order valence-corrected chi connectivity index (χ0v) is 4.78. The van der Waals surface area contributed by atoms with E-state index in [-0.39, 0.29) is 0 Å². The van der Waals surface area contributed by atoms with E-state index in [1.165, 1.54) is 0 Å². The van der Waals surface area contributed by atoms with Crippen molar-refractivity contribution in [2.75, 3.05) is 6.79 Å². The third kappa shape index (κ3) is 40.4. The van der Waals surface area contributed by atoms with Gasteiger partial charge in [0.2, 0.25) is 0 Å². The van der Waals surface area contributed by atoms with E-state index in [1.807, 2.05) is 0 Å². The fraction of sp³-hybridized carbons (Fsp3) is 1.00. The third-order valence-corrected chi connectivity index (χ3v) is 0.365. The maximum atomic E-state index is 7.92. The predicted molar refractivity (Wildman–Crippen MR) is 27.8 cm³/mol. The second-order valence-electron chi connectivity index (χ2n) is 1.03. The van der Waals surface area contributed by atoms with E-state index in [2.05, 4.69) is 0 Å². The molecule has 0 aromatic heterocycles. The monoisotopic (exact) mass is 124 g/mol. The summed E-state index contributed by atoms with van der Waals surface area (Å²) >= 11 is 0. The van der Waals surface area contributed by atoms with Gasteiger partial charge in [-0.2, -0.15) is 0 Å². The molecule has 0 aromatic carbocycles. The highest BCUT2D eigenvalue weighted by Crippen LogP contribution is 1.77. The lowest BCUT2D eigenvalue weighted by Gasteiger charge is -1.90. The molecule has 0 heterocycles. The first kappa shape index (κ1) is 10.8. The molecule has 0 fully saturated rings. The van der Waals surface area contributed by atoms with E-state index in [4.69, 9.17) is 20.4 Å². The Labute approximate surface area is 48.0 Å². The van der Waals surface area contributed by atoms with Gasteiger partial charge >= 0.3 is 0 Å². The van der Waals surface area contributed by atoms with Crippen LogP contribution in [-0.2, 0) is 0 Å². The Bertz CT molecular complexity index is 29.2. The summed E-state index contributed by atoms with van der Waals surface area (Å²) < 4.78 is 0. The molecule has 0 aromatic rings. The van der Waals surface area contributed by atoms with Crippen LogP contribution in [0, 0.1) is 0 Å². The summed E-state index contributed by atoms with van der Waals surface area (Å²) in [5.74, 6) is 0. The van der Waals surface area contributed by atoms with E-state index in [1.54, 1.807) is 6.92 Å². The number of aliphatic hydroxyl groups excluding tert-OH is 2. The Kier molecular flexibility index (Phi) is 13.4. The summed E-state index contributed by atoms with van der Waals surface area (Å²) in [6.07, 6.45) is -0.699. The van der Waals surface area contributed by atoms with Gasteiger partial charge < -0.3 is 20.4 Å². The van der Waals surface area contributed by atoms with Crippen molar-refractivity contribution in [1.82, 2.24) is 0 Å². The highest BCUT2D eigenvalue weighted by Gasteiger charge is 1.83. The van der Waals surface area contributed by atoms with Crippen LogP contribution in [0.4, 0.5) is 0 Å². The van der Waals surface area contributed by atoms with Gasteiger partial charge in [-0.3, -0.25) is 0 Å². The largest absolute Gasteiger partial charge is 0.371 e. The van der Waals surface area contributed by atoms with Crippen LogP contribution in [0.1, 0.15) is 13.3 Å². The van der Waals surface area contributed by atoms with Crippen LogP contribution < -0.4 is 0 Å². The Morgan fingerprint density at radius 2 is 1.38 bits per heavy atom. The molecule has 0 aliphatic carbocycles. The molecule has 4 heteroatoms. The van der Waals surface area contributed by atoms with Gasteiger partial charge in [0, 0.05) is 0 Å². The van der Waals surface area contributed by atoms with Gasteiger partial charge in [0.05, 0.1) is 0 Å². The van der Waals surface area contributed by atoms with Crippen molar-refractivity contribution >= 4 is 0 Å². The summed E-state index contributed by atoms with van der Waals surface area (Å²) in [6, 6.07) is 0. The lowest BCUT2D eigenvalue weighted by molar-refractivity contribution is -0.0413. The first-order valence-electron chi connectivity index (χ1n) is 2.26. The van der Waals surface area contributed by atoms with Gasteiger partial charge in [0.1, 0.15) is 6.79 Å². The molecule has 0 unspecified atom stereocenters.